The van der Waals surface area contributed by atoms with Crippen molar-refractivity contribution in [1.29, 1.82) is 5.26 Å². The second-order valence-corrected chi connectivity index (χ2v) is 4.03. The smallest absolute Gasteiger partial charge is 0.261 e. The molecule has 0 aliphatic heterocycles. The van der Waals surface area contributed by atoms with Gasteiger partial charge in [-0.15, -0.1) is 0 Å². The molecule has 0 saturated heterocycles. The molecule has 0 bridgehead atoms. The van der Waals surface area contributed by atoms with Crippen LogP contribution in [0.25, 0.3) is 11.1 Å². The molecule has 20 heavy (non-hydrogen) atoms. The average molecular weight is 280 g/mol. The first-order chi connectivity index (χ1) is 9.45. The van der Waals surface area contributed by atoms with Crippen LogP contribution in [0, 0.1) is 17.1 Å². The zero-order valence-electron chi connectivity index (χ0n) is 10.1. The van der Waals surface area contributed by atoms with Crippen LogP contribution in [-0.2, 0) is 12.6 Å². The van der Waals surface area contributed by atoms with Crippen molar-refractivity contribution in [3.05, 3.63) is 53.6 Å². The molecule has 1 aromatic heterocycles. The van der Waals surface area contributed by atoms with Crippen molar-refractivity contribution in [1.82, 2.24) is 4.98 Å². The first kappa shape index (κ1) is 14.0. The van der Waals surface area contributed by atoms with Crippen molar-refractivity contribution in [3.8, 4) is 17.2 Å². The van der Waals surface area contributed by atoms with Crippen LogP contribution in [0.4, 0.5) is 17.6 Å². The molecule has 0 atom stereocenters. The number of hydrogen-bond acceptors (Lipinski definition) is 2. The summed E-state index contributed by atoms with van der Waals surface area (Å²) in [6, 6.07) is 6.57. The summed E-state index contributed by atoms with van der Waals surface area (Å²) in [6.45, 7) is 0. The molecule has 2 rings (SSSR count). The van der Waals surface area contributed by atoms with Crippen LogP contribution in [-0.4, -0.2) is 4.98 Å². The monoisotopic (exact) mass is 280 g/mol. The molecule has 0 saturated carbocycles. The standard InChI is InChI=1S/C14H8F4N2/c15-13-8-20-7-11(10(13)5-6-19)9-3-1-2-4-12(9)14(16,17)18/h1-4,7-8H,5H2. The van der Waals surface area contributed by atoms with Crippen LogP contribution in [0.3, 0.4) is 0 Å². The van der Waals surface area contributed by atoms with Gasteiger partial charge in [-0.25, -0.2) is 4.39 Å². The van der Waals surface area contributed by atoms with Gasteiger partial charge in [-0.1, -0.05) is 18.2 Å². The van der Waals surface area contributed by atoms with Crippen molar-refractivity contribution >= 4 is 0 Å². The van der Waals surface area contributed by atoms with Crippen molar-refractivity contribution in [2.24, 2.45) is 0 Å². The number of nitriles is 1. The Labute approximate surface area is 112 Å². The Balaban J connectivity index is 2.70. The van der Waals surface area contributed by atoms with Gasteiger partial charge in [-0.05, 0) is 11.6 Å². The number of alkyl halides is 3. The van der Waals surface area contributed by atoms with Crippen LogP contribution in [0.2, 0.25) is 0 Å². The fourth-order valence-electron chi connectivity index (χ4n) is 1.92. The van der Waals surface area contributed by atoms with Crippen LogP contribution >= 0.6 is 0 Å². The molecule has 0 N–H and O–H groups in total. The number of hydrogen-bond donors (Lipinski definition) is 0. The Morgan fingerprint density at radius 3 is 2.45 bits per heavy atom. The highest BCUT2D eigenvalue weighted by molar-refractivity contribution is 5.71. The van der Waals surface area contributed by atoms with E-state index < -0.39 is 17.6 Å². The van der Waals surface area contributed by atoms with E-state index in [0.717, 1.165) is 18.5 Å². The predicted octanol–water partition coefficient (Wildman–Crippen LogP) is 3.97. The summed E-state index contributed by atoms with van der Waals surface area (Å²) in [6.07, 6.45) is -2.87. The van der Waals surface area contributed by atoms with E-state index in [0.29, 0.717) is 0 Å². The summed E-state index contributed by atoms with van der Waals surface area (Å²) in [7, 11) is 0. The highest BCUT2D eigenvalue weighted by atomic mass is 19.4. The van der Waals surface area contributed by atoms with E-state index in [4.69, 9.17) is 5.26 Å². The molecule has 6 heteroatoms. The van der Waals surface area contributed by atoms with Crippen LogP contribution in [0.5, 0.6) is 0 Å². The highest BCUT2D eigenvalue weighted by Crippen LogP contribution is 2.38. The van der Waals surface area contributed by atoms with Gasteiger partial charge in [0.15, 0.2) is 0 Å². The van der Waals surface area contributed by atoms with Gasteiger partial charge in [0.05, 0.1) is 24.3 Å². The maximum Gasteiger partial charge on any atom is 0.417 e. The Morgan fingerprint density at radius 1 is 1.10 bits per heavy atom. The fraction of sp³-hybridized carbons (Fsp3) is 0.143. The molecular formula is C14H8F4N2. The zero-order valence-corrected chi connectivity index (χ0v) is 10.1. The van der Waals surface area contributed by atoms with Gasteiger partial charge in [0.1, 0.15) is 5.82 Å². The van der Waals surface area contributed by atoms with E-state index in [9.17, 15) is 17.6 Å². The molecule has 0 aliphatic rings. The highest BCUT2D eigenvalue weighted by Gasteiger charge is 2.34. The third-order valence-corrected chi connectivity index (χ3v) is 2.78. The van der Waals surface area contributed by atoms with Gasteiger partial charge in [0.2, 0.25) is 0 Å². The van der Waals surface area contributed by atoms with Crippen LogP contribution in [0.1, 0.15) is 11.1 Å². The molecule has 2 aromatic rings. The Hall–Kier alpha value is -2.42. The molecule has 0 amide bonds. The quantitative estimate of drug-likeness (QED) is 0.780. The third-order valence-electron chi connectivity index (χ3n) is 2.78. The number of pyridine rings is 1. The topological polar surface area (TPSA) is 36.7 Å². The molecule has 102 valence electrons. The largest absolute Gasteiger partial charge is 0.417 e. The van der Waals surface area contributed by atoms with Gasteiger partial charge >= 0.3 is 6.18 Å². The predicted molar refractivity (Wildman–Crippen MR) is 64.0 cm³/mol. The summed E-state index contributed by atoms with van der Waals surface area (Å²) in [5, 5.41) is 8.69. The molecule has 1 heterocycles. The number of halogens is 4. The Bertz CT molecular complexity index is 672. The van der Waals surface area contributed by atoms with Gasteiger partial charge in [-0.2, -0.15) is 18.4 Å². The van der Waals surface area contributed by atoms with Gasteiger partial charge < -0.3 is 0 Å². The van der Waals surface area contributed by atoms with E-state index in [1.807, 2.05) is 0 Å². The van der Waals surface area contributed by atoms with Gasteiger partial charge in [0.25, 0.3) is 0 Å². The number of rotatable bonds is 2. The molecule has 0 aliphatic carbocycles. The number of benzene rings is 1. The normalized spacial score (nSPS) is 11.2. The Morgan fingerprint density at radius 2 is 1.80 bits per heavy atom. The first-order valence-electron chi connectivity index (χ1n) is 5.61. The molecule has 1 aromatic carbocycles. The minimum absolute atomic E-state index is 0.0144. The second-order valence-electron chi connectivity index (χ2n) is 4.03. The number of aromatic nitrogens is 1. The molecule has 2 nitrogen and oxygen atoms in total. The van der Waals surface area contributed by atoms with E-state index in [1.54, 1.807) is 6.07 Å². The lowest BCUT2D eigenvalue weighted by Gasteiger charge is -2.14. The van der Waals surface area contributed by atoms with Gasteiger partial charge in [0, 0.05) is 17.3 Å². The zero-order chi connectivity index (χ0) is 14.8. The minimum Gasteiger partial charge on any atom is -0.261 e. The average Bonchev–Trinajstić information content (AvgIpc) is 2.40. The molecule has 0 fully saturated rings. The molecule has 0 radical (unpaired) electrons. The fourth-order valence-corrected chi connectivity index (χ4v) is 1.92. The van der Waals surface area contributed by atoms with E-state index in [2.05, 4.69) is 4.98 Å². The lowest BCUT2D eigenvalue weighted by Crippen LogP contribution is -2.08. The van der Waals surface area contributed by atoms with E-state index in [1.165, 1.54) is 18.2 Å². The van der Waals surface area contributed by atoms with E-state index in [-0.39, 0.29) is 23.1 Å². The Kier molecular flexibility index (Phi) is 3.70. The van der Waals surface area contributed by atoms with Crippen molar-refractivity contribution in [3.63, 3.8) is 0 Å². The van der Waals surface area contributed by atoms with Crippen molar-refractivity contribution in [2.75, 3.05) is 0 Å². The van der Waals surface area contributed by atoms with Crippen molar-refractivity contribution in [2.45, 2.75) is 12.6 Å². The van der Waals surface area contributed by atoms with Gasteiger partial charge in [-0.3, -0.25) is 4.98 Å². The maximum atomic E-state index is 13.7. The lowest BCUT2D eigenvalue weighted by molar-refractivity contribution is -0.137. The lowest BCUT2D eigenvalue weighted by atomic mass is 9.95. The SMILES string of the molecule is N#CCc1c(F)cncc1-c1ccccc1C(F)(F)F. The summed E-state index contributed by atoms with van der Waals surface area (Å²) in [5.74, 6) is -0.791. The summed E-state index contributed by atoms with van der Waals surface area (Å²) < 4.78 is 52.6. The molecule has 0 unspecified atom stereocenters. The third kappa shape index (κ3) is 2.62. The maximum absolute atomic E-state index is 13.7. The van der Waals surface area contributed by atoms with Crippen molar-refractivity contribution < 1.29 is 17.6 Å². The van der Waals surface area contributed by atoms with E-state index >= 15 is 0 Å². The van der Waals surface area contributed by atoms with Crippen LogP contribution in [0.15, 0.2) is 36.7 Å². The van der Waals surface area contributed by atoms with Crippen LogP contribution < -0.4 is 0 Å². The molecular weight excluding hydrogens is 272 g/mol. The summed E-state index contributed by atoms with van der Waals surface area (Å²) in [4.78, 5) is 3.57. The first-order valence-corrected chi connectivity index (χ1v) is 5.61. The number of nitrogens with zero attached hydrogens (tertiary/aromatic N) is 2. The minimum atomic E-state index is -4.56. The summed E-state index contributed by atoms with van der Waals surface area (Å²) in [5.41, 5.74) is -1.16. The second kappa shape index (κ2) is 5.29. The summed E-state index contributed by atoms with van der Waals surface area (Å²) >= 11 is 0. The molecule has 0 spiro atoms.